The fourth-order valence-corrected chi connectivity index (χ4v) is 7.17. The Bertz CT molecular complexity index is 1870. The first-order chi connectivity index (χ1) is 21.1. The summed E-state index contributed by atoms with van der Waals surface area (Å²) < 4.78 is 56.7. The molecule has 4 aromatic rings. The molecule has 3 heterocycles. The van der Waals surface area contributed by atoms with Gasteiger partial charge in [0.1, 0.15) is 23.1 Å². The van der Waals surface area contributed by atoms with Crippen LogP contribution < -0.4 is 20.5 Å². The van der Waals surface area contributed by atoms with E-state index in [9.17, 15) is 8.42 Å². The Morgan fingerprint density at radius 2 is 1.95 bits per heavy atom. The number of benzene rings is 2. The number of fused-ring (bicyclic) bond motifs is 1. The van der Waals surface area contributed by atoms with Crippen LogP contribution in [0.1, 0.15) is 50.3 Å². The second-order valence-corrected chi connectivity index (χ2v) is 13.4. The highest BCUT2D eigenvalue weighted by atomic mass is 32.2. The number of anilines is 2. The van der Waals surface area contributed by atoms with E-state index in [1.165, 1.54) is 30.9 Å². The molecule has 1 aliphatic carbocycles. The van der Waals surface area contributed by atoms with Crippen molar-refractivity contribution in [3.63, 3.8) is 0 Å². The monoisotopic (exact) mass is 620 g/mol. The lowest BCUT2D eigenvalue weighted by molar-refractivity contribution is -0.0103. The molecule has 44 heavy (non-hydrogen) atoms. The molecule has 1 fully saturated rings. The van der Waals surface area contributed by atoms with E-state index in [2.05, 4.69) is 21.1 Å². The van der Waals surface area contributed by atoms with E-state index in [0.29, 0.717) is 45.9 Å². The third-order valence-corrected chi connectivity index (χ3v) is 9.79. The smallest absolute Gasteiger partial charge is 0.262 e. The average molecular weight is 621 g/mol. The summed E-state index contributed by atoms with van der Waals surface area (Å²) in [5.74, 6) is -0.0635. The fraction of sp³-hybridized carbons (Fsp3) is 0.375. The molecule has 1 aliphatic heterocycles. The number of nitrogens with two attached hydrogens (primary N) is 1. The number of methoxy groups -OCH3 is 1. The molecular formula is C32H37FN6O4S. The maximum atomic E-state index is 15.6. The Hall–Kier alpha value is -4.00. The van der Waals surface area contributed by atoms with Crippen molar-refractivity contribution >= 4 is 38.0 Å². The van der Waals surface area contributed by atoms with Gasteiger partial charge in [0, 0.05) is 35.5 Å². The fourth-order valence-electron chi connectivity index (χ4n) is 5.84. The number of ether oxygens (including phenoxy) is 2. The zero-order valence-corrected chi connectivity index (χ0v) is 26.0. The highest BCUT2D eigenvalue weighted by Crippen LogP contribution is 2.40. The second kappa shape index (κ2) is 11.8. The minimum atomic E-state index is -4.09. The van der Waals surface area contributed by atoms with Crippen molar-refractivity contribution in [3.8, 4) is 17.0 Å². The van der Waals surface area contributed by atoms with Crippen molar-refractivity contribution in [1.29, 1.82) is 0 Å². The Balaban J connectivity index is 1.35. The SMILES string of the molecule is COc1ccc(C)c(S(=O)(=O)Nc2ccc(-c3nn(C(C)C)c4c(C5=CCC(NC6COC6)CC5)cnc(N)c34)cc2F)c1. The topological polar surface area (TPSA) is 133 Å². The Morgan fingerprint density at radius 3 is 2.59 bits per heavy atom. The minimum Gasteiger partial charge on any atom is -0.497 e. The summed E-state index contributed by atoms with van der Waals surface area (Å²) in [7, 11) is -2.64. The van der Waals surface area contributed by atoms with Crippen molar-refractivity contribution < 1.29 is 22.3 Å². The van der Waals surface area contributed by atoms with Crippen LogP contribution in [0.2, 0.25) is 0 Å². The summed E-state index contributed by atoms with van der Waals surface area (Å²) in [6, 6.07) is 9.85. The molecule has 2 aromatic heterocycles. The number of sulfonamides is 1. The van der Waals surface area contributed by atoms with Gasteiger partial charge in [-0.25, -0.2) is 17.8 Å². The predicted molar refractivity (Wildman–Crippen MR) is 170 cm³/mol. The van der Waals surface area contributed by atoms with Gasteiger partial charge in [0.25, 0.3) is 10.0 Å². The minimum absolute atomic E-state index is 0.00421. The maximum absolute atomic E-state index is 15.6. The number of aromatic nitrogens is 3. The van der Waals surface area contributed by atoms with Crippen molar-refractivity contribution in [2.24, 2.45) is 0 Å². The zero-order valence-electron chi connectivity index (χ0n) is 25.2. The van der Waals surface area contributed by atoms with Crippen molar-refractivity contribution in [1.82, 2.24) is 20.1 Å². The van der Waals surface area contributed by atoms with Crippen LogP contribution in [0.25, 0.3) is 27.7 Å². The molecule has 4 N–H and O–H groups in total. The van der Waals surface area contributed by atoms with Gasteiger partial charge in [0.05, 0.1) is 47.9 Å². The van der Waals surface area contributed by atoms with E-state index in [1.807, 2.05) is 18.5 Å². The van der Waals surface area contributed by atoms with E-state index in [0.717, 1.165) is 43.6 Å². The third kappa shape index (κ3) is 5.64. The van der Waals surface area contributed by atoms with Crippen LogP contribution in [0, 0.1) is 12.7 Å². The average Bonchev–Trinajstić information content (AvgIpc) is 3.39. The zero-order chi connectivity index (χ0) is 31.2. The molecule has 0 amide bonds. The molecule has 0 spiro atoms. The molecule has 2 aromatic carbocycles. The number of pyridine rings is 1. The summed E-state index contributed by atoms with van der Waals surface area (Å²) in [4.78, 5) is 4.54. The van der Waals surface area contributed by atoms with Crippen LogP contribution in [-0.2, 0) is 14.8 Å². The van der Waals surface area contributed by atoms with Crippen molar-refractivity contribution in [2.75, 3.05) is 30.8 Å². The van der Waals surface area contributed by atoms with Gasteiger partial charge in [-0.3, -0.25) is 9.40 Å². The molecule has 1 saturated heterocycles. The lowest BCUT2D eigenvalue weighted by Gasteiger charge is -2.33. The van der Waals surface area contributed by atoms with Crippen LogP contribution in [-0.4, -0.2) is 55.6 Å². The summed E-state index contributed by atoms with van der Waals surface area (Å²) in [5, 5.41) is 9.20. The standard InChI is InChI=1S/C32H37FN6O4S/c1-18(2)39-31-25(20-6-9-22(10-7-20)36-23-16-43-17-23)15-35-32(34)29(31)30(37-39)21-8-12-27(26(33)13-21)38-44(40,41)28-14-24(42-4)11-5-19(28)3/h5-6,8,11-15,18,22-23,36,38H,7,9-10,16-17H2,1-4H3,(H2,34,35). The van der Waals surface area contributed by atoms with Crippen molar-refractivity contribution in [3.05, 3.63) is 65.6 Å². The predicted octanol–water partition coefficient (Wildman–Crippen LogP) is 5.44. The van der Waals surface area contributed by atoms with Gasteiger partial charge in [-0.05, 0) is 69.4 Å². The molecular weight excluding hydrogens is 583 g/mol. The molecule has 12 heteroatoms. The molecule has 10 nitrogen and oxygen atoms in total. The first-order valence-corrected chi connectivity index (χ1v) is 16.2. The summed E-state index contributed by atoms with van der Waals surface area (Å²) in [6.45, 7) is 7.26. The van der Waals surface area contributed by atoms with E-state index < -0.39 is 15.8 Å². The highest BCUT2D eigenvalue weighted by molar-refractivity contribution is 7.92. The Kier molecular flexibility index (Phi) is 8.08. The molecule has 0 radical (unpaired) electrons. The van der Waals surface area contributed by atoms with Gasteiger partial charge in [-0.15, -0.1) is 0 Å². The Labute approximate surface area is 256 Å². The van der Waals surface area contributed by atoms with E-state index >= 15 is 4.39 Å². The van der Waals surface area contributed by atoms with Gasteiger partial charge in [0.15, 0.2) is 0 Å². The van der Waals surface area contributed by atoms with Crippen LogP contribution in [0.15, 0.2) is 53.6 Å². The Morgan fingerprint density at radius 1 is 1.16 bits per heavy atom. The molecule has 1 atom stereocenters. The largest absolute Gasteiger partial charge is 0.497 e. The van der Waals surface area contributed by atoms with Crippen LogP contribution in [0.5, 0.6) is 5.75 Å². The number of halogens is 1. The first-order valence-electron chi connectivity index (χ1n) is 14.7. The second-order valence-electron chi connectivity index (χ2n) is 11.7. The van der Waals surface area contributed by atoms with Gasteiger partial charge < -0.3 is 20.5 Å². The normalized spacial score (nSPS) is 17.5. The molecule has 232 valence electrons. The van der Waals surface area contributed by atoms with Crippen LogP contribution in [0.4, 0.5) is 15.9 Å². The number of hydrogen-bond donors (Lipinski definition) is 3. The molecule has 1 unspecified atom stereocenters. The van der Waals surface area contributed by atoms with E-state index in [-0.39, 0.29) is 16.6 Å². The quantitative estimate of drug-likeness (QED) is 0.225. The lowest BCUT2D eigenvalue weighted by Crippen LogP contribution is -2.50. The van der Waals surface area contributed by atoms with E-state index in [1.54, 1.807) is 31.3 Å². The van der Waals surface area contributed by atoms with Crippen molar-refractivity contribution in [2.45, 2.75) is 63.1 Å². The van der Waals surface area contributed by atoms with E-state index in [4.69, 9.17) is 20.3 Å². The first kappa shape index (κ1) is 30.0. The van der Waals surface area contributed by atoms with Crippen LogP contribution in [0.3, 0.4) is 0 Å². The number of nitrogens with zero attached hydrogens (tertiary/aromatic N) is 3. The summed E-state index contributed by atoms with van der Waals surface area (Å²) >= 11 is 0. The number of aryl methyl sites for hydroxylation is 1. The van der Waals surface area contributed by atoms with Gasteiger partial charge in [0.2, 0.25) is 0 Å². The van der Waals surface area contributed by atoms with Gasteiger partial charge in [-0.2, -0.15) is 5.10 Å². The highest BCUT2D eigenvalue weighted by Gasteiger charge is 2.27. The number of hydrogen-bond acceptors (Lipinski definition) is 8. The number of allylic oxidation sites excluding steroid dienone is 1. The number of rotatable bonds is 9. The molecule has 6 rings (SSSR count). The lowest BCUT2D eigenvalue weighted by atomic mass is 9.89. The number of nitrogens with one attached hydrogen (secondary N) is 2. The maximum Gasteiger partial charge on any atom is 0.262 e. The van der Waals surface area contributed by atoms with Gasteiger partial charge in [-0.1, -0.05) is 18.2 Å². The molecule has 0 bridgehead atoms. The van der Waals surface area contributed by atoms with Gasteiger partial charge >= 0.3 is 0 Å². The molecule has 0 saturated carbocycles. The summed E-state index contributed by atoms with van der Waals surface area (Å²) in [6.07, 6.45) is 6.84. The third-order valence-electron chi connectivity index (χ3n) is 8.28. The molecule has 2 aliphatic rings. The summed E-state index contributed by atoms with van der Waals surface area (Å²) in [5.41, 5.74) is 10.7. The van der Waals surface area contributed by atoms with Crippen LogP contribution >= 0.6 is 0 Å². The number of nitrogen functional groups attached to an aromatic ring is 1.